The van der Waals surface area contributed by atoms with Gasteiger partial charge in [-0.2, -0.15) is 0 Å². The number of hydrogen-bond donors (Lipinski definition) is 2. The van der Waals surface area contributed by atoms with Crippen molar-refractivity contribution >= 4 is 17.0 Å². The Labute approximate surface area is 111 Å². The highest BCUT2D eigenvalue weighted by Gasteiger charge is 2.43. The maximum absolute atomic E-state index is 5.73. The van der Waals surface area contributed by atoms with Crippen LogP contribution in [-0.4, -0.2) is 11.5 Å². The van der Waals surface area contributed by atoms with Crippen molar-refractivity contribution in [3.63, 3.8) is 0 Å². The molecule has 18 heavy (non-hydrogen) atoms. The van der Waals surface area contributed by atoms with Gasteiger partial charge in [-0.05, 0) is 30.5 Å². The molecule has 0 atom stereocenters. The average Bonchev–Trinajstić information content (AvgIpc) is 2.98. The molecule has 1 aromatic heterocycles. The highest BCUT2D eigenvalue weighted by molar-refractivity contribution is 7.09. The van der Waals surface area contributed by atoms with E-state index in [9.17, 15) is 0 Å². The molecule has 2 aromatic rings. The van der Waals surface area contributed by atoms with Crippen LogP contribution in [0.4, 0.5) is 5.69 Å². The van der Waals surface area contributed by atoms with E-state index in [0.29, 0.717) is 5.41 Å². The Hall–Kier alpha value is -1.39. The molecule has 0 unspecified atom stereocenters. The minimum atomic E-state index is 0.338. The molecule has 3 N–H and O–H groups in total. The van der Waals surface area contributed by atoms with E-state index in [4.69, 9.17) is 5.73 Å². The van der Waals surface area contributed by atoms with Crippen LogP contribution in [0.25, 0.3) is 0 Å². The number of nitrogen functional groups attached to an aromatic ring is 1. The van der Waals surface area contributed by atoms with Crippen molar-refractivity contribution in [3.05, 3.63) is 46.4 Å². The molecule has 3 nitrogen and oxygen atoms in total. The lowest BCUT2D eigenvalue weighted by molar-refractivity contribution is 0.573. The largest absolute Gasteiger partial charge is 0.399 e. The van der Waals surface area contributed by atoms with Crippen LogP contribution in [0.1, 0.15) is 23.4 Å². The molecule has 0 aliphatic heterocycles. The summed E-state index contributed by atoms with van der Waals surface area (Å²) in [6, 6.07) is 8.31. The van der Waals surface area contributed by atoms with Crippen LogP contribution in [-0.2, 0) is 12.0 Å². The quantitative estimate of drug-likeness (QED) is 0.811. The summed E-state index contributed by atoms with van der Waals surface area (Å²) in [6.07, 6.45) is 4.39. The Morgan fingerprint density at radius 1 is 1.28 bits per heavy atom. The van der Waals surface area contributed by atoms with Crippen LogP contribution in [0.5, 0.6) is 0 Å². The number of anilines is 1. The summed E-state index contributed by atoms with van der Waals surface area (Å²) in [4.78, 5) is 4.28. The van der Waals surface area contributed by atoms with Gasteiger partial charge in [0.1, 0.15) is 5.01 Å². The zero-order valence-electron chi connectivity index (χ0n) is 10.2. The third kappa shape index (κ3) is 2.40. The fourth-order valence-corrected chi connectivity index (χ4v) is 2.89. The van der Waals surface area contributed by atoms with Gasteiger partial charge in [0, 0.05) is 35.8 Å². The molecule has 1 heterocycles. The third-order valence-electron chi connectivity index (χ3n) is 3.60. The number of rotatable bonds is 5. The van der Waals surface area contributed by atoms with Crippen LogP contribution in [0.15, 0.2) is 35.8 Å². The molecule has 1 aliphatic carbocycles. The number of nitrogens with one attached hydrogen (secondary N) is 1. The normalized spacial score (nSPS) is 16.7. The number of aromatic nitrogens is 1. The Bertz CT molecular complexity index is 500. The maximum atomic E-state index is 5.73. The molecule has 0 bridgehead atoms. The zero-order valence-corrected chi connectivity index (χ0v) is 11.0. The molecule has 0 radical (unpaired) electrons. The molecule has 1 aromatic carbocycles. The molecule has 0 amide bonds. The van der Waals surface area contributed by atoms with E-state index >= 15 is 0 Å². The predicted octanol–water partition coefficient (Wildman–Crippen LogP) is 2.55. The van der Waals surface area contributed by atoms with Gasteiger partial charge in [0.2, 0.25) is 0 Å². The van der Waals surface area contributed by atoms with Crippen LogP contribution in [0.2, 0.25) is 0 Å². The summed E-state index contributed by atoms with van der Waals surface area (Å²) in [6.45, 7) is 1.89. The Morgan fingerprint density at radius 2 is 2.06 bits per heavy atom. The van der Waals surface area contributed by atoms with Crippen molar-refractivity contribution in [2.24, 2.45) is 0 Å². The van der Waals surface area contributed by atoms with Crippen LogP contribution in [0.3, 0.4) is 0 Å². The van der Waals surface area contributed by atoms with Crippen molar-refractivity contribution in [2.75, 3.05) is 12.3 Å². The van der Waals surface area contributed by atoms with E-state index in [2.05, 4.69) is 22.4 Å². The van der Waals surface area contributed by atoms with Gasteiger partial charge in [-0.3, -0.25) is 0 Å². The first-order valence-corrected chi connectivity index (χ1v) is 7.12. The maximum Gasteiger partial charge on any atom is 0.106 e. The molecular formula is C14H17N3S. The lowest BCUT2D eigenvalue weighted by atomic mass is 9.96. The van der Waals surface area contributed by atoms with Crippen molar-refractivity contribution in [1.29, 1.82) is 0 Å². The lowest BCUT2D eigenvalue weighted by Gasteiger charge is -2.16. The van der Waals surface area contributed by atoms with Crippen molar-refractivity contribution < 1.29 is 0 Å². The summed E-state index contributed by atoms with van der Waals surface area (Å²) >= 11 is 1.70. The van der Waals surface area contributed by atoms with Gasteiger partial charge >= 0.3 is 0 Å². The Morgan fingerprint density at radius 3 is 2.67 bits per heavy atom. The summed E-state index contributed by atoms with van der Waals surface area (Å²) in [7, 11) is 0. The average molecular weight is 259 g/mol. The number of benzene rings is 1. The van der Waals surface area contributed by atoms with Gasteiger partial charge in [-0.1, -0.05) is 12.1 Å². The Kier molecular flexibility index (Phi) is 3.06. The smallest absolute Gasteiger partial charge is 0.106 e. The molecular weight excluding hydrogens is 242 g/mol. The van der Waals surface area contributed by atoms with Gasteiger partial charge < -0.3 is 11.1 Å². The first kappa shape index (κ1) is 11.7. The lowest BCUT2D eigenvalue weighted by Crippen LogP contribution is -2.26. The first-order chi connectivity index (χ1) is 8.78. The van der Waals surface area contributed by atoms with Crippen LogP contribution >= 0.6 is 11.3 Å². The second kappa shape index (κ2) is 4.71. The standard InChI is InChI=1S/C14H17N3S/c15-12-3-1-11(2-4-12)14(5-6-14)10-16-9-13-17-7-8-18-13/h1-4,7-8,16H,5-6,9-10,15H2. The molecule has 1 fully saturated rings. The van der Waals surface area contributed by atoms with Gasteiger partial charge in [-0.25, -0.2) is 4.98 Å². The van der Waals surface area contributed by atoms with Crippen molar-refractivity contribution in [2.45, 2.75) is 24.8 Å². The minimum Gasteiger partial charge on any atom is -0.399 e. The Balaban J connectivity index is 1.60. The first-order valence-electron chi connectivity index (χ1n) is 6.24. The van der Waals surface area contributed by atoms with E-state index in [-0.39, 0.29) is 0 Å². The highest BCUT2D eigenvalue weighted by atomic mass is 32.1. The minimum absolute atomic E-state index is 0.338. The van der Waals surface area contributed by atoms with E-state index in [1.807, 2.05) is 23.7 Å². The molecule has 0 spiro atoms. The van der Waals surface area contributed by atoms with E-state index in [1.165, 1.54) is 18.4 Å². The number of hydrogen-bond acceptors (Lipinski definition) is 4. The van der Waals surface area contributed by atoms with Crippen LogP contribution in [0, 0.1) is 0 Å². The second-order valence-corrected chi connectivity index (χ2v) is 5.91. The van der Waals surface area contributed by atoms with Gasteiger partial charge in [0.05, 0.1) is 0 Å². The number of nitrogens with two attached hydrogens (primary N) is 1. The number of thiazole rings is 1. The molecule has 3 rings (SSSR count). The number of nitrogens with zero attached hydrogens (tertiary/aromatic N) is 1. The second-order valence-electron chi connectivity index (χ2n) is 4.93. The molecule has 4 heteroatoms. The topological polar surface area (TPSA) is 50.9 Å². The van der Waals surface area contributed by atoms with Gasteiger partial charge in [0.25, 0.3) is 0 Å². The summed E-state index contributed by atoms with van der Waals surface area (Å²) < 4.78 is 0. The third-order valence-corrected chi connectivity index (χ3v) is 4.38. The van der Waals surface area contributed by atoms with E-state index in [0.717, 1.165) is 23.8 Å². The summed E-state index contributed by atoms with van der Waals surface area (Å²) in [5.74, 6) is 0. The van der Waals surface area contributed by atoms with E-state index < -0.39 is 0 Å². The highest BCUT2D eigenvalue weighted by Crippen LogP contribution is 2.47. The SMILES string of the molecule is Nc1ccc(C2(CNCc3nccs3)CC2)cc1. The molecule has 94 valence electrons. The fraction of sp³-hybridized carbons (Fsp3) is 0.357. The fourth-order valence-electron chi connectivity index (χ4n) is 2.30. The molecule has 0 saturated heterocycles. The molecule has 1 saturated carbocycles. The van der Waals surface area contributed by atoms with Crippen molar-refractivity contribution in [3.8, 4) is 0 Å². The summed E-state index contributed by atoms with van der Waals surface area (Å²) in [5.41, 5.74) is 8.31. The van der Waals surface area contributed by atoms with Crippen LogP contribution < -0.4 is 11.1 Å². The van der Waals surface area contributed by atoms with E-state index in [1.54, 1.807) is 11.3 Å². The monoisotopic (exact) mass is 259 g/mol. The van der Waals surface area contributed by atoms with Gasteiger partial charge in [0.15, 0.2) is 0 Å². The van der Waals surface area contributed by atoms with Gasteiger partial charge in [-0.15, -0.1) is 11.3 Å². The van der Waals surface area contributed by atoms with Crippen molar-refractivity contribution in [1.82, 2.24) is 10.3 Å². The molecule has 1 aliphatic rings. The zero-order chi connectivity index (χ0) is 12.4. The predicted molar refractivity (Wildman–Crippen MR) is 75.6 cm³/mol. The summed E-state index contributed by atoms with van der Waals surface area (Å²) in [5, 5.41) is 6.69.